The number of hydrogen-bond donors (Lipinski definition) is 0. The minimum atomic E-state index is -2.57. The van der Waals surface area contributed by atoms with Crippen molar-refractivity contribution in [1.82, 2.24) is 9.55 Å². The van der Waals surface area contributed by atoms with E-state index in [1.807, 2.05) is 115 Å². The number of fused-ring (bicyclic) bond motifs is 4. The van der Waals surface area contributed by atoms with Gasteiger partial charge < -0.3 is 14.5 Å². The maximum Gasteiger partial charge on any atom is 0.138 e. The Kier molecular flexibility index (Phi) is 6.36. The number of para-hydroxylation sites is 3. The van der Waals surface area contributed by atoms with Gasteiger partial charge in [-0.05, 0) is 133 Å². The number of ether oxygens (including phenoxy) is 1. The largest absolute Gasteiger partial charge is 0.457 e. The lowest BCUT2D eigenvalue weighted by Gasteiger charge is -2.25. The number of nitrogens with zero attached hydrogens (tertiary/aromatic N) is 4. The Labute approximate surface area is 343 Å². The van der Waals surface area contributed by atoms with E-state index in [-0.39, 0.29) is 23.2 Å². The molecule has 0 radical (unpaired) electrons. The maximum atomic E-state index is 8.54. The van der Waals surface area contributed by atoms with Crippen LogP contribution in [0.3, 0.4) is 0 Å². The summed E-state index contributed by atoms with van der Waals surface area (Å²) in [6.07, 6.45) is 1.73. The van der Waals surface area contributed by atoms with Gasteiger partial charge in [0.15, 0.2) is 0 Å². The Bertz CT molecular complexity index is 3160. The Morgan fingerprint density at radius 3 is 2.16 bits per heavy atom. The van der Waals surface area contributed by atoms with Crippen molar-refractivity contribution in [2.75, 3.05) is 16.5 Å². The first-order chi connectivity index (χ1) is 30.6. The molecule has 0 fully saturated rings. The van der Waals surface area contributed by atoms with Gasteiger partial charge >= 0.3 is 0 Å². The highest BCUT2D eigenvalue weighted by Crippen LogP contribution is 2.47. The molecule has 5 nitrogen and oxygen atoms in total. The lowest BCUT2D eigenvalue weighted by molar-refractivity contribution is 0.483. The van der Waals surface area contributed by atoms with Crippen LogP contribution < -0.4 is 14.5 Å². The molecule has 0 atom stereocenters. The van der Waals surface area contributed by atoms with Gasteiger partial charge in [0.1, 0.15) is 24.0 Å². The SMILES string of the molecule is [2H]C([2H])([2H])c1cc(C)c(N2CN(c3cccc(Oc4ccc5c6ccccc6n(-c6cc(-c7c(C)cc(C(C)(C)C)cc7C([2H])([2H])[2H])ccn6)c5c4)c3)c3ccccc32)c(C([2H])([2H])[2H])c1. The standard InChI is InChI=1S/C51H48N4O/c1-32-24-35(4)50(36(5)25-32)54-31-53(45-18-11-12-19-46(45)54)39-14-13-15-40(29-39)56-41-20-21-43-42-16-9-10-17-44(42)55(47(43)30-41)48-28-37(22-23-52-48)49-33(2)26-38(27-34(49)3)51(6,7)8/h9-30H,31H2,1-8H3/i1D3,2D3,4D3. The molecule has 0 bridgehead atoms. The van der Waals surface area contributed by atoms with Crippen LogP contribution >= 0.6 is 0 Å². The summed E-state index contributed by atoms with van der Waals surface area (Å²) in [5.74, 6) is 1.79. The number of pyridine rings is 1. The van der Waals surface area contributed by atoms with Gasteiger partial charge in [0, 0.05) is 52.8 Å². The summed E-state index contributed by atoms with van der Waals surface area (Å²) >= 11 is 0. The van der Waals surface area contributed by atoms with E-state index >= 15 is 0 Å². The predicted molar refractivity (Wildman–Crippen MR) is 235 cm³/mol. The lowest BCUT2D eigenvalue weighted by atomic mass is 9.83. The summed E-state index contributed by atoms with van der Waals surface area (Å²) in [4.78, 5) is 8.87. The molecular formula is C51H48N4O. The number of anilines is 4. The smallest absolute Gasteiger partial charge is 0.138 e. The summed E-state index contributed by atoms with van der Waals surface area (Å²) in [5, 5.41) is 2.02. The van der Waals surface area contributed by atoms with E-state index in [1.54, 1.807) is 19.2 Å². The van der Waals surface area contributed by atoms with Crippen molar-refractivity contribution in [2.45, 2.75) is 60.6 Å². The van der Waals surface area contributed by atoms with Crippen molar-refractivity contribution in [1.29, 1.82) is 0 Å². The lowest BCUT2D eigenvalue weighted by Crippen LogP contribution is -2.25. The van der Waals surface area contributed by atoms with Crippen LogP contribution in [0.5, 0.6) is 11.5 Å². The van der Waals surface area contributed by atoms with E-state index in [4.69, 9.17) is 22.1 Å². The Morgan fingerprint density at radius 2 is 1.36 bits per heavy atom. The molecule has 3 heterocycles. The van der Waals surface area contributed by atoms with E-state index in [0.29, 0.717) is 39.7 Å². The molecule has 0 N–H and O–H groups in total. The molecule has 8 aromatic rings. The Morgan fingerprint density at radius 1 is 0.625 bits per heavy atom. The van der Waals surface area contributed by atoms with Gasteiger partial charge in [0.2, 0.25) is 0 Å². The fraction of sp³-hybridized carbons (Fsp3) is 0.196. The minimum absolute atomic E-state index is 0.0102. The highest BCUT2D eigenvalue weighted by atomic mass is 16.5. The topological polar surface area (TPSA) is 33.5 Å². The number of rotatable bonds is 6. The Hall–Kier alpha value is -6.33. The van der Waals surface area contributed by atoms with Crippen LogP contribution in [0.25, 0.3) is 38.8 Å². The van der Waals surface area contributed by atoms with Gasteiger partial charge in [-0.3, -0.25) is 4.57 Å². The summed E-state index contributed by atoms with van der Waals surface area (Å²) in [7, 11) is 0. The van der Waals surface area contributed by atoms with E-state index < -0.39 is 20.6 Å². The molecule has 5 heteroatoms. The molecule has 278 valence electrons. The molecule has 0 saturated heterocycles. The first-order valence-electron chi connectivity index (χ1n) is 23.3. The monoisotopic (exact) mass is 741 g/mol. The molecular weight excluding hydrogens is 685 g/mol. The van der Waals surface area contributed by atoms with Crippen molar-refractivity contribution in [3.05, 3.63) is 167 Å². The van der Waals surface area contributed by atoms with E-state index in [9.17, 15) is 0 Å². The average molecular weight is 742 g/mol. The molecule has 56 heavy (non-hydrogen) atoms. The van der Waals surface area contributed by atoms with Gasteiger partial charge in [-0.25, -0.2) is 4.98 Å². The third kappa shape index (κ3) is 6.08. The minimum Gasteiger partial charge on any atom is -0.457 e. The maximum absolute atomic E-state index is 8.54. The third-order valence-electron chi connectivity index (χ3n) is 10.8. The molecule has 0 amide bonds. The normalized spacial score (nSPS) is 15.9. The average Bonchev–Trinajstić information content (AvgIpc) is 3.78. The van der Waals surface area contributed by atoms with Gasteiger partial charge in [0.05, 0.1) is 22.4 Å². The molecule has 2 aromatic heterocycles. The molecule has 0 saturated carbocycles. The van der Waals surface area contributed by atoms with Crippen LogP contribution in [-0.2, 0) is 5.41 Å². The van der Waals surface area contributed by atoms with E-state index in [0.717, 1.165) is 55.6 Å². The highest BCUT2D eigenvalue weighted by Gasteiger charge is 2.30. The predicted octanol–water partition coefficient (Wildman–Crippen LogP) is 13.7. The first-order valence-corrected chi connectivity index (χ1v) is 18.8. The molecule has 1 aliphatic rings. The fourth-order valence-electron chi connectivity index (χ4n) is 8.18. The fourth-order valence-corrected chi connectivity index (χ4v) is 8.18. The van der Waals surface area contributed by atoms with Crippen LogP contribution in [0.1, 0.15) is 66.5 Å². The van der Waals surface area contributed by atoms with Crippen LogP contribution in [0, 0.1) is 34.4 Å². The number of aromatic nitrogens is 2. The van der Waals surface area contributed by atoms with Gasteiger partial charge in [-0.15, -0.1) is 0 Å². The highest BCUT2D eigenvalue weighted by molar-refractivity contribution is 6.09. The van der Waals surface area contributed by atoms with E-state index in [1.165, 1.54) is 6.07 Å². The van der Waals surface area contributed by atoms with Crippen LogP contribution in [0.2, 0.25) is 0 Å². The first kappa shape index (κ1) is 26.5. The molecule has 0 unspecified atom stereocenters. The summed E-state index contributed by atoms with van der Waals surface area (Å²) in [5.41, 5.74) is 8.58. The summed E-state index contributed by atoms with van der Waals surface area (Å²) in [6.45, 7) is 2.88. The number of aryl methyl sites for hydroxylation is 5. The molecule has 0 spiro atoms. The second kappa shape index (κ2) is 13.5. The molecule has 0 aliphatic carbocycles. The molecule has 1 aliphatic heterocycles. The molecule has 6 aromatic carbocycles. The van der Waals surface area contributed by atoms with Gasteiger partial charge in [0.25, 0.3) is 0 Å². The third-order valence-corrected chi connectivity index (χ3v) is 10.8. The van der Waals surface area contributed by atoms with Crippen molar-refractivity contribution < 1.29 is 17.1 Å². The second-order valence-electron chi connectivity index (χ2n) is 15.7. The second-order valence-corrected chi connectivity index (χ2v) is 15.7. The number of benzene rings is 6. The quantitative estimate of drug-likeness (QED) is 0.170. The van der Waals surface area contributed by atoms with E-state index in [2.05, 4.69) is 42.4 Å². The zero-order valence-corrected chi connectivity index (χ0v) is 32.1. The zero-order valence-electron chi connectivity index (χ0n) is 41.1. The van der Waals surface area contributed by atoms with Crippen molar-refractivity contribution >= 4 is 44.6 Å². The number of hydrogen-bond acceptors (Lipinski definition) is 4. The molecule has 9 rings (SSSR count). The van der Waals surface area contributed by atoms with Crippen molar-refractivity contribution in [3.63, 3.8) is 0 Å². The summed E-state index contributed by atoms with van der Waals surface area (Å²) < 4.78 is 83.7. The van der Waals surface area contributed by atoms with Crippen molar-refractivity contribution in [2.24, 2.45) is 0 Å². The van der Waals surface area contributed by atoms with Crippen LogP contribution in [0.4, 0.5) is 22.7 Å². The van der Waals surface area contributed by atoms with Gasteiger partial charge in [-0.2, -0.15) is 0 Å². The summed E-state index contributed by atoms with van der Waals surface area (Å²) in [6, 6.07) is 40.1. The van der Waals surface area contributed by atoms with Crippen molar-refractivity contribution in [3.8, 4) is 28.4 Å². The van der Waals surface area contributed by atoms with Crippen LogP contribution in [0.15, 0.2) is 134 Å². The zero-order chi connectivity index (χ0) is 46.4. The van der Waals surface area contributed by atoms with Gasteiger partial charge in [-0.1, -0.05) is 87.0 Å². The van der Waals surface area contributed by atoms with Crippen LogP contribution in [-0.4, -0.2) is 16.2 Å². The Balaban J connectivity index is 1.09.